The molecule has 1 fully saturated rings. The first-order valence-corrected chi connectivity index (χ1v) is 7.47. The predicted octanol–water partition coefficient (Wildman–Crippen LogP) is 2.40. The minimum Gasteiger partial charge on any atom is -0.382 e. The lowest BCUT2D eigenvalue weighted by atomic mass is 10.2. The largest absolute Gasteiger partial charge is 0.405 e. The molecule has 0 aliphatic heterocycles. The molecule has 0 bridgehead atoms. The van der Waals surface area contributed by atoms with Crippen LogP contribution in [0.25, 0.3) is 0 Å². The van der Waals surface area contributed by atoms with Gasteiger partial charge >= 0.3 is 6.18 Å². The maximum Gasteiger partial charge on any atom is 0.405 e. The third-order valence-corrected chi connectivity index (χ3v) is 3.91. The van der Waals surface area contributed by atoms with Crippen LogP contribution in [0.2, 0.25) is 0 Å². The molecule has 0 spiro atoms. The van der Waals surface area contributed by atoms with E-state index in [0.717, 1.165) is 29.3 Å². The van der Waals surface area contributed by atoms with Gasteiger partial charge in [0.05, 0.1) is 0 Å². The van der Waals surface area contributed by atoms with Gasteiger partial charge in [-0.1, -0.05) is 6.92 Å². The van der Waals surface area contributed by atoms with Crippen LogP contribution in [0.1, 0.15) is 36.5 Å². The average Bonchev–Trinajstić information content (AvgIpc) is 3.07. The van der Waals surface area contributed by atoms with Crippen LogP contribution in [-0.4, -0.2) is 35.6 Å². The van der Waals surface area contributed by atoms with Gasteiger partial charge in [-0.25, -0.2) is 0 Å². The van der Waals surface area contributed by atoms with Gasteiger partial charge in [0.25, 0.3) is 5.91 Å². The fourth-order valence-corrected chi connectivity index (χ4v) is 2.78. The summed E-state index contributed by atoms with van der Waals surface area (Å²) >= 11 is 0.831. The van der Waals surface area contributed by atoms with Crippen molar-refractivity contribution < 1.29 is 18.0 Å². The smallest absolute Gasteiger partial charge is 0.382 e. The second kappa shape index (κ2) is 6.08. The molecular formula is C12H17F3N4OS. The van der Waals surface area contributed by atoms with Crippen molar-refractivity contribution in [1.29, 1.82) is 0 Å². The molecule has 0 atom stereocenters. The van der Waals surface area contributed by atoms with Gasteiger partial charge in [-0.3, -0.25) is 4.79 Å². The third-order valence-electron chi connectivity index (χ3n) is 2.99. The number of alkyl halides is 3. The third kappa shape index (κ3) is 4.23. The van der Waals surface area contributed by atoms with E-state index < -0.39 is 18.6 Å². The van der Waals surface area contributed by atoms with Gasteiger partial charge in [-0.05, 0) is 30.8 Å². The van der Waals surface area contributed by atoms with E-state index in [-0.39, 0.29) is 29.0 Å². The molecule has 5 nitrogen and oxygen atoms in total. The molecule has 21 heavy (non-hydrogen) atoms. The van der Waals surface area contributed by atoms with Gasteiger partial charge in [-0.15, -0.1) is 0 Å². The highest BCUT2D eigenvalue weighted by atomic mass is 32.1. The first-order valence-electron chi connectivity index (χ1n) is 6.69. The number of rotatable bonds is 6. The number of nitrogens with one attached hydrogen (secondary N) is 1. The number of hydrogen-bond acceptors (Lipinski definition) is 5. The van der Waals surface area contributed by atoms with Gasteiger partial charge in [0.15, 0.2) is 5.82 Å². The molecule has 2 rings (SSSR count). The van der Waals surface area contributed by atoms with Gasteiger partial charge in [-0.2, -0.15) is 17.5 Å². The molecule has 3 N–H and O–H groups in total. The summed E-state index contributed by atoms with van der Waals surface area (Å²) in [5.74, 6) is -0.460. The summed E-state index contributed by atoms with van der Waals surface area (Å²) in [6.07, 6.45) is -2.05. The summed E-state index contributed by atoms with van der Waals surface area (Å²) in [7, 11) is 0. The fraction of sp³-hybridized carbons (Fsp3) is 0.667. The number of amides is 1. The average molecular weight is 322 g/mol. The van der Waals surface area contributed by atoms with Gasteiger partial charge in [0.2, 0.25) is 0 Å². The van der Waals surface area contributed by atoms with E-state index in [0.29, 0.717) is 6.42 Å². The van der Waals surface area contributed by atoms with Crippen molar-refractivity contribution in [3.8, 4) is 0 Å². The molecule has 1 aliphatic rings. The van der Waals surface area contributed by atoms with E-state index in [1.807, 2.05) is 0 Å². The highest BCUT2D eigenvalue weighted by Gasteiger charge is 2.34. The number of nitrogen functional groups attached to an aromatic ring is 1. The normalized spacial score (nSPS) is 15.0. The van der Waals surface area contributed by atoms with Crippen LogP contribution < -0.4 is 16.0 Å². The maximum absolute atomic E-state index is 12.7. The van der Waals surface area contributed by atoms with E-state index in [1.54, 1.807) is 6.92 Å². The lowest BCUT2D eigenvalue weighted by Crippen LogP contribution is -2.36. The van der Waals surface area contributed by atoms with Crippen LogP contribution in [0.15, 0.2) is 0 Å². The molecule has 1 heterocycles. The molecule has 1 aromatic rings. The molecule has 0 unspecified atom stereocenters. The monoisotopic (exact) mass is 322 g/mol. The number of aromatic nitrogens is 1. The van der Waals surface area contributed by atoms with Crippen LogP contribution in [0.3, 0.4) is 0 Å². The first kappa shape index (κ1) is 15.9. The lowest BCUT2D eigenvalue weighted by Gasteiger charge is -2.24. The predicted molar refractivity (Wildman–Crippen MR) is 75.6 cm³/mol. The van der Waals surface area contributed by atoms with Crippen molar-refractivity contribution in [1.82, 2.24) is 9.69 Å². The van der Waals surface area contributed by atoms with E-state index >= 15 is 0 Å². The second-order valence-corrected chi connectivity index (χ2v) is 5.78. The quantitative estimate of drug-likeness (QED) is 0.843. The number of nitrogens with zero attached hydrogens (tertiary/aromatic N) is 2. The summed E-state index contributed by atoms with van der Waals surface area (Å²) < 4.78 is 41.9. The highest BCUT2D eigenvalue weighted by Crippen LogP contribution is 2.33. The molecule has 0 radical (unpaired) electrons. The Kier molecular flexibility index (Phi) is 4.60. The van der Waals surface area contributed by atoms with E-state index in [9.17, 15) is 18.0 Å². The van der Waals surface area contributed by atoms with Crippen molar-refractivity contribution in [2.24, 2.45) is 0 Å². The van der Waals surface area contributed by atoms with Crippen LogP contribution in [-0.2, 0) is 0 Å². The summed E-state index contributed by atoms with van der Waals surface area (Å²) in [4.78, 5) is 13.3. The molecule has 118 valence electrons. The number of nitrogens with two attached hydrogens (primary N) is 1. The Morgan fingerprint density at radius 2 is 2.19 bits per heavy atom. The Balaban J connectivity index is 2.24. The van der Waals surface area contributed by atoms with Crippen LogP contribution in [0.5, 0.6) is 0 Å². The van der Waals surface area contributed by atoms with Gasteiger partial charge in [0.1, 0.15) is 17.1 Å². The molecule has 0 saturated heterocycles. The Morgan fingerprint density at radius 1 is 1.52 bits per heavy atom. The van der Waals surface area contributed by atoms with E-state index in [4.69, 9.17) is 5.73 Å². The lowest BCUT2D eigenvalue weighted by molar-refractivity contribution is -0.119. The van der Waals surface area contributed by atoms with E-state index in [2.05, 4.69) is 9.69 Å². The van der Waals surface area contributed by atoms with Gasteiger partial charge < -0.3 is 16.0 Å². The number of carbonyl (C=O) groups excluding carboxylic acids is 1. The van der Waals surface area contributed by atoms with Crippen molar-refractivity contribution in [2.75, 3.05) is 23.7 Å². The molecule has 0 aromatic carbocycles. The molecule has 1 aromatic heterocycles. The number of anilines is 2. The minimum atomic E-state index is -4.35. The fourth-order valence-electron chi connectivity index (χ4n) is 1.95. The Bertz CT molecular complexity index is 513. The standard InChI is InChI=1S/C12H17F3N4OS/c1-2-5-19(6-12(13,14)15)11-8(9(16)18-21-11)10(20)17-7-3-4-7/h7H,2-6H2,1H3,(H2,16,18)(H,17,20). The first-order chi connectivity index (χ1) is 9.81. The molecular weight excluding hydrogens is 305 g/mol. The Hall–Kier alpha value is -1.51. The zero-order valence-electron chi connectivity index (χ0n) is 11.5. The molecule has 9 heteroatoms. The van der Waals surface area contributed by atoms with Crippen LogP contribution >= 0.6 is 11.5 Å². The Labute approximate surface area is 124 Å². The molecule has 1 saturated carbocycles. The zero-order valence-corrected chi connectivity index (χ0v) is 12.4. The highest BCUT2D eigenvalue weighted by molar-refractivity contribution is 7.11. The van der Waals surface area contributed by atoms with Gasteiger partial charge in [0, 0.05) is 12.6 Å². The molecule has 1 aliphatic carbocycles. The maximum atomic E-state index is 12.7. The van der Waals surface area contributed by atoms with Crippen LogP contribution in [0, 0.1) is 0 Å². The topological polar surface area (TPSA) is 71.2 Å². The van der Waals surface area contributed by atoms with E-state index in [1.165, 1.54) is 0 Å². The van der Waals surface area contributed by atoms with Crippen molar-refractivity contribution in [3.63, 3.8) is 0 Å². The Morgan fingerprint density at radius 3 is 2.71 bits per heavy atom. The second-order valence-electron chi connectivity index (χ2n) is 5.03. The van der Waals surface area contributed by atoms with Crippen molar-refractivity contribution >= 4 is 28.3 Å². The number of carbonyl (C=O) groups is 1. The number of hydrogen-bond donors (Lipinski definition) is 2. The minimum absolute atomic E-state index is 0.0172. The summed E-state index contributed by atoms with van der Waals surface area (Å²) in [6.45, 7) is 0.842. The van der Waals surface area contributed by atoms with Crippen LogP contribution in [0.4, 0.5) is 24.0 Å². The summed E-state index contributed by atoms with van der Waals surface area (Å²) in [5.41, 5.74) is 5.73. The summed E-state index contributed by atoms with van der Waals surface area (Å²) in [5, 5.41) is 2.92. The SMILES string of the molecule is CCCN(CC(F)(F)F)c1snc(N)c1C(=O)NC1CC1. The number of halogens is 3. The zero-order chi connectivity index (χ0) is 15.6. The van der Waals surface area contributed by atoms with Crippen molar-refractivity contribution in [2.45, 2.75) is 38.4 Å². The molecule has 1 amide bonds. The summed E-state index contributed by atoms with van der Waals surface area (Å²) in [6, 6.07) is 0.104. The van der Waals surface area contributed by atoms with Crippen molar-refractivity contribution in [3.05, 3.63) is 5.56 Å².